The van der Waals surface area contributed by atoms with E-state index in [9.17, 15) is 0 Å². The molecule has 2 rings (SSSR count). The highest BCUT2D eigenvalue weighted by atomic mass is 16.5. The second-order valence-corrected chi connectivity index (χ2v) is 5.67. The van der Waals surface area contributed by atoms with Gasteiger partial charge in [0.15, 0.2) is 0 Å². The first-order chi connectivity index (χ1) is 7.68. The Kier molecular flexibility index (Phi) is 3.88. The molecule has 0 spiro atoms. The summed E-state index contributed by atoms with van der Waals surface area (Å²) in [5, 5.41) is 0. The summed E-state index contributed by atoms with van der Waals surface area (Å²) in [5.74, 6) is 0.614. The molecule has 0 aromatic heterocycles. The lowest BCUT2D eigenvalue weighted by Gasteiger charge is -2.45. The van der Waals surface area contributed by atoms with E-state index >= 15 is 0 Å². The molecule has 0 aromatic carbocycles. The van der Waals surface area contributed by atoms with E-state index in [4.69, 9.17) is 10.5 Å². The van der Waals surface area contributed by atoms with Crippen LogP contribution in [0.15, 0.2) is 0 Å². The molecule has 3 heteroatoms. The summed E-state index contributed by atoms with van der Waals surface area (Å²) < 4.78 is 5.54. The van der Waals surface area contributed by atoms with Crippen LogP contribution in [0.4, 0.5) is 0 Å². The summed E-state index contributed by atoms with van der Waals surface area (Å²) in [5.41, 5.74) is 6.19. The van der Waals surface area contributed by atoms with E-state index in [0.29, 0.717) is 5.92 Å². The number of likely N-dealkylation sites (N-methyl/N-ethyl adjacent to an activating group) is 1. The maximum absolute atomic E-state index is 6.06. The Morgan fingerprint density at radius 1 is 1.31 bits per heavy atom. The zero-order valence-corrected chi connectivity index (χ0v) is 10.7. The molecule has 1 saturated carbocycles. The highest BCUT2D eigenvalue weighted by Crippen LogP contribution is 2.35. The Bertz CT molecular complexity index is 222. The molecule has 2 aliphatic rings. The largest absolute Gasteiger partial charge is 0.381 e. The number of hydrogen-bond acceptors (Lipinski definition) is 3. The van der Waals surface area contributed by atoms with Crippen LogP contribution in [-0.4, -0.2) is 43.3 Å². The van der Waals surface area contributed by atoms with Crippen LogP contribution in [-0.2, 0) is 4.74 Å². The van der Waals surface area contributed by atoms with Crippen molar-refractivity contribution in [1.82, 2.24) is 4.90 Å². The fourth-order valence-corrected chi connectivity index (χ4v) is 3.33. The van der Waals surface area contributed by atoms with Gasteiger partial charge in [0.2, 0.25) is 0 Å². The van der Waals surface area contributed by atoms with Gasteiger partial charge in [0.25, 0.3) is 0 Å². The first-order valence-corrected chi connectivity index (χ1v) is 6.69. The third-order valence-corrected chi connectivity index (χ3v) is 4.90. The van der Waals surface area contributed by atoms with Gasteiger partial charge in [0.1, 0.15) is 0 Å². The standard InChI is InChI=1S/C13H26N2O/c1-13(10-14,11-7-8-16-9-11)15(2)12-5-3-4-6-12/h11-12H,3-10,14H2,1-2H3. The predicted octanol–water partition coefficient (Wildman–Crippen LogP) is 1.61. The van der Waals surface area contributed by atoms with Gasteiger partial charge in [-0.2, -0.15) is 0 Å². The van der Waals surface area contributed by atoms with Crippen molar-refractivity contribution in [2.45, 2.75) is 50.6 Å². The van der Waals surface area contributed by atoms with E-state index in [1.165, 1.54) is 32.1 Å². The lowest BCUT2D eigenvalue weighted by molar-refractivity contribution is 0.0350. The number of hydrogen-bond donors (Lipinski definition) is 1. The summed E-state index contributed by atoms with van der Waals surface area (Å²) in [6.07, 6.45) is 6.64. The van der Waals surface area contributed by atoms with Crippen molar-refractivity contribution >= 4 is 0 Å². The van der Waals surface area contributed by atoms with Crippen LogP contribution in [0, 0.1) is 5.92 Å². The van der Waals surface area contributed by atoms with E-state index < -0.39 is 0 Å². The maximum Gasteiger partial charge on any atom is 0.0513 e. The minimum atomic E-state index is 0.130. The normalized spacial score (nSPS) is 31.1. The molecule has 94 valence electrons. The van der Waals surface area contributed by atoms with Gasteiger partial charge >= 0.3 is 0 Å². The predicted molar refractivity (Wildman–Crippen MR) is 66.4 cm³/mol. The van der Waals surface area contributed by atoms with Gasteiger partial charge in [0.05, 0.1) is 6.61 Å². The fraction of sp³-hybridized carbons (Fsp3) is 1.00. The molecule has 1 aliphatic carbocycles. The summed E-state index contributed by atoms with van der Waals surface area (Å²) >= 11 is 0. The van der Waals surface area contributed by atoms with Crippen LogP contribution in [0.25, 0.3) is 0 Å². The van der Waals surface area contributed by atoms with Gasteiger partial charge in [0, 0.05) is 30.7 Å². The molecule has 0 amide bonds. The Morgan fingerprint density at radius 2 is 2.00 bits per heavy atom. The first-order valence-electron chi connectivity index (χ1n) is 6.69. The topological polar surface area (TPSA) is 38.5 Å². The third-order valence-electron chi connectivity index (χ3n) is 4.90. The average molecular weight is 226 g/mol. The summed E-state index contributed by atoms with van der Waals surface area (Å²) in [6, 6.07) is 0.745. The lowest BCUT2D eigenvalue weighted by atomic mass is 9.82. The third kappa shape index (κ3) is 2.13. The van der Waals surface area contributed by atoms with Crippen LogP contribution in [0.5, 0.6) is 0 Å². The van der Waals surface area contributed by atoms with E-state index in [1.54, 1.807) is 0 Å². The van der Waals surface area contributed by atoms with Crippen LogP contribution in [0.2, 0.25) is 0 Å². The second kappa shape index (κ2) is 5.03. The Labute approximate surface area is 99.3 Å². The fourth-order valence-electron chi connectivity index (χ4n) is 3.33. The van der Waals surface area contributed by atoms with E-state index in [-0.39, 0.29) is 5.54 Å². The highest BCUT2D eigenvalue weighted by molar-refractivity contribution is 4.97. The molecule has 0 bridgehead atoms. The van der Waals surface area contributed by atoms with E-state index in [2.05, 4.69) is 18.9 Å². The van der Waals surface area contributed by atoms with Crippen LogP contribution >= 0.6 is 0 Å². The number of nitrogens with zero attached hydrogens (tertiary/aromatic N) is 1. The average Bonchev–Trinajstić information content (AvgIpc) is 2.98. The van der Waals surface area contributed by atoms with Gasteiger partial charge in [-0.1, -0.05) is 12.8 Å². The molecule has 2 fully saturated rings. The van der Waals surface area contributed by atoms with Crippen LogP contribution in [0.3, 0.4) is 0 Å². The second-order valence-electron chi connectivity index (χ2n) is 5.67. The van der Waals surface area contributed by atoms with E-state index in [1.807, 2.05) is 0 Å². The molecule has 2 atom stereocenters. The summed E-state index contributed by atoms with van der Waals surface area (Å²) in [7, 11) is 2.27. The summed E-state index contributed by atoms with van der Waals surface area (Å²) in [4.78, 5) is 2.55. The van der Waals surface area contributed by atoms with Crippen molar-refractivity contribution in [3.8, 4) is 0 Å². The molecule has 1 heterocycles. The minimum absolute atomic E-state index is 0.130. The molecule has 3 nitrogen and oxygen atoms in total. The zero-order valence-electron chi connectivity index (χ0n) is 10.7. The Morgan fingerprint density at radius 3 is 2.50 bits per heavy atom. The smallest absolute Gasteiger partial charge is 0.0513 e. The number of rotatable bonds is 4. The van der Waals surface area contributed by atoms with Gasteiger partial charge in [-0.3, -0.25) is 4.90 Å². The first kappa shape index (κ1) is 12.3. The molecular weight excluding hydrogens is 200 g/mol. The Hall–Kier alpha value is -0.120. The van der Waals surface area contributed by atoms with Gasteiger partial charge in [-0.25, -0.2) is 0 Å². The van der Waals surface area contributed by atoms with Crippen molar-refractivity contribution in [1.29, 1.82) is 0 Å². The van der Waals surface area contributed by atoms with Crippen LogP contribution in [0.1, 0.15) is 39.0 Å². The monoisotopic (exact) mass is 226 g/mol. The molecule has 0 aromatic rings. The summed E-state index contributed by atoms with van der Waals surface area (Å²) in [6.45, 7) is 4.88. The molecule has 16 heavy (non-hydrogen) atoms. The van der Waals surface area contributed by atoms with Crippen LogP contribution < -0.4 is 5.73 Å². The molecule has 1 aliphatic heterocycles. The molecule has 2 unspecified atom stereocenters. The minimum Gasteiger partial charge on any atom is -0.381 e. The Balaban J connectivity index is 2.05. The van der Waals surface area contributed by atoms with Gasteiger partial charge in [-0.15, -0.1) is 0 Å². The van der Waals surface area contributed by atoms with E-state index in [0.717, 1.165) is 25.8 Å². The maximum atomic E-state index is 6.06. The van der Waals surface area contributed by atoms with Gasteiger partial charge in [-0.05, 0) is 33.2 Å². The molecular formula is C13H26N2O. The van der Waals surface area contributed by atoms with Crippen molar-refractivity contribution < 1.29 is 4.74 Å². The SMILES string of the molecule is CN(C1CCCC1)C(C)(CN)C1CCOC1. The zero-order chi connectivity index (χ0) is 11.6. The van der Waals surface area contributed by atoms with Crippen molar-refractivity contribution in [3.05, 3.63) is 0 Å². The van der Waals surface area contributed by atoms with Crippen molar-refractivity contribution in [2.75, 3.05) is 26.8 Å². The van der Waals surface area contributed by atoms with Gasteiger partial charge < -0.3 is 10.5 Å². The molecule has 1 saturated heterocycles. The van der Waals surface area contributed by atoms with Crippen molar-refractivity contribution in [3.63, 3.8) is 0 Å². The lowest BCUT2D eigenvalue weighted by Crippen LogP contribution is -2.58. The number of ether oxygens (including phenoxy) is 1. The molecule has 2 N–H and O–H groups in total. The highest BCUT2D eigenvalue weighted by Gasteiger charge is 2.41. The quantitative estimate of drug-likeness (QED) is 0.791. The van der Waals surface area contributed by atoms with Crippen molar-refractivity contribution in [2.24, 2.45) is 11.7 Å². The number of nitrogens with two attached hydrogens (primary N) is 1. The molecule has 0 radical (unpaired) electrons.